The predicted molar refractivity (Wildman–Crippen MR) is 35.8 cm³/mol. The zero-order chi connectivity index (χ0) is 6.69. The molecule has 0 saturated heterocycles. The number of nitrogens with zero attached hydrogens (tertiary/aromatic N) is 1. The molecular formula is C5H10N4. The van der Waals surface area contributed by atoms with Crippen LogP contribution in [0.5, 0.6) is 0 Å². The summed E-state index contributed by atoms with van der Waals surface area (Å²) in [4.78, 5) is 0. The first kappa shape index (κ1) is 6.10. The second kappa shape index (κ2) is 2.50. The molecule has 4 nitrogen and oxygen atoms in total. The van der Waals surface area contributed by atoms with Crippen molar-refractivity contribution in [2.24, 2.45) is 0 Å². The van der Waals surface area contributed by atoms with Crippen molar-refractivity contribution in [1.29, 1.82) is 0 Å². The van der Waals surface area contributed by atoms with Gasteiger partial charge in [-0.3, -0.25) is 5.10 Å². The van der Waals surface area contributed by atoms with Gasteiger partial charge < -0.3 is 11.1 Å². The van der Waals surface area contributed by atoms with Crippen LogP contribution in [0.15, 0.2) is 6.07 Å². The van der Waals surface area contributed by atoms with E-state index in [1.54, 1.807) is 6.07 Å². The highest BCUT2D eigenvalue weighted by Crippen LogP contribution is 1.97. The molecule has 9 heavy (non-hydrogen) atoms. The molecule has 0 aliphatic rings. The second-order valence-corrected chi connectivity index (χ2v) is 1.85. The summed E-state index contributed by atoms with van der Waals surface area (Å²) in [6, 6.07) is 1.80. The molecule has 1 rings (SSSR count). The van der Waals surface area contributed by atoms with E-state index in [1.807, 2.05) is 7.05 Å². The van der Waals surface area contributed by atoms with E-state index in [-0.39, 0.29) is 0 Å². The van der Waals surface area contributed by atoms with Gasteiger partial charge in [0.25, 0.3) is 0 Å². The molecular weight excluding hydrogens is 116 g/mol. The Kier molecular flexibility index (Phi) is 1.69. The Labute approximate surface area is 53.4 Å². The largest absolute Gasteiger partial charge is 0.382 e. The highest BCUT2D eigenvalue weighted by Gasteiger charge is 1.92. The van der Waals surface area contributed by atoms with Gasteiger partial charge in [0.15, 0.2) is 0 Å². The van der Waals surface area contributed by atoms with Gasteiger partial charge in [-0.15, -0.1) is 0 Å². The van der Waals surface area contributed by atoms with Gasteiger partial charge in [0.2, 0.25) is 0 Å². The van der Waals surface area contributed by atoms with Crippen molar-refractivity contribution in [1.82, 2.24) is 15.5 Å². The fraction of sp³-hybridized carbons (Fsp3) is 0.400. The Morgan fingerprint density at radius 3 is 3.11 bits per heavy atom. The zero-order valence-corrected chi connectivity index (χ0v) is 5.31. The fourth-order valence-corrected chi connectivity index (χ4v) is 0.660. The molecule has 0 unspecified atom stereocenters. The third-order valence-electron chi connectivity index (χ3n) is 1.02. The maximum Gasteiger partial charge on any atom is 0.145 e. The van der Waals surface area contributed by atoms with Gasteiger partial charge >= 0.3 is 0 Å². The summed E-state index contributed by atoms with van der Waals surface area (Å²) in [6.07, 6.45) is 0. The molecule has 0 aromatic carbocycles. The highest BCUT2D eigenvalue weighted by atomic mass is 15.2. The number of H-pyrrole nitrogens is 1. The summed E-state index contributed by atoms with van der Waals surface area (Å²) in [7, 11) is 1.87. The van der Waals surface area contributed by atoms with Gasteiger partial charge in [-0.05, 0) is 7.05 Å². The zero-order valence-electron chi connectivity index (χ0n) is 5.31. The second-order valence-electron chi connectivity index (χ2n) is 1.85. The molecule has 4 heteroatoms. The number of nitrogen functional groups attached to an aromatic ring is 1. The van der Waals surface area contributed by atoms with Crippen molar-refractivity contribution in [3.05, 3.63) is 11.8 Å². The van der Waals surface area contributed by atoms with Crippen LogP contribution in [-0.4, -0.2) is 17.2 Å². The van der Waals surface area contributed by atoms with Crippen molar-refractivity contribution in [3.8, 4) is 0 Å². The van der Waals surface area contributed by atoms with E-state index in [4.69, 9.17) is 5.73 Å². The molecule has 1 aromatic heterocycles. The third kappa shape index (κ3) is 1.43. The summed E-state index contributed by atoms with van der Waals surface area (Å²) in [5, 5.41) is 9.49. The minimum Gasteiger partial charge on any atom is -0.382 e. The van der Waals surface area contributed by atoms with Crippen LogP contribution in [-0.2, 0) is 6.54 Å². The Balaban J connectivity index is 2.61. The van der Waals surface area contributed by atoms with Crippen LogP contribution in [0.3, 0.4) is 0 Å². The lowest BCUT2D eigenvalue weighted by molar-refractivity contribution is 0.784. The minimum atomic E-state index is 0.542. The van der Waals surface area contributed by atoms with Gasteiger partial charge in [-0.25, -0.2) is 0 Å². The molecule has 0 atom stereocenters. The molecule has 1 aromatic rings. The number of hydrogen-bond acceptors (Lipinski definition) is 3. The molecule has 0 spiro atoms. The van der Waals surface area contributed by atoms with E-state index in [1.165, 1.54) is 0 Å². The van der Waals surface area contributed by atoms with E-state index >= 15 is 0 Å². The summed E-state index contributed by atoms with van der Waals surface area (Å²) < 4.78 is 0. The van der Waals surface area contributed by atoms with Crippen molar-refractivity contribution in [2.75, 3.05) is 12.8 Å². The summed E-state index contributed by atoms with van der Waals surface area (Å²) in [6.45, 7) is 0.782. The third-order valence-corrected chi connectivity index (χ3v) is 1.02. The SMILES string of the molecule is CNCc1cc(N)n[nH]1. The lowest BCUT2D eigenvalue weighted by Crippen LogP contribution is -2.04. The lowest BCUT2D eigenvalue weighted by atomic mass is 10.4. The first-order valence-corrected chi connectivity index (χ1v) is 2.77. The van der Waals surface area contributed by atoms with Crippen LogP contribution in [0.2, 0.25) is 0 Å². The van der Waals surface area contributed by atoms with Gasteiger partial charge in [-0.1, -0.05) is 0 Å². The molecule has 4 N–H and O–H groups in total. The number of rotatable bonds is 2. The molecule has 0 aliphatic carbocycles. The van der Waals surface area contributed by atoms with Crippen LogP contribution in [0.25, 0.3) is 0 Å². The Morgan fingerprint density at radius 2 is 2.67 bits per heavy atom. The highest BCUT2D eigenvalue weighted by molar-refractivity contribution is 5.28. The van der Waals surface area contributed by atoms with Crippen LogP contribution < -0.4 is 11.1 Å². The molecule has 0 saturated carbocycles. The van der Waals surface area contributed by atoms with E-state index in [9.17, 15) is 0 Å². The van der Waals surface area contributed by atoms with Gasteiger partial charge in [0, 0.05) is 12.6 Å². The topological polar surface area (TPSA) is 66.7 Å². The Hall–Kier alpha value is -1.03. The lowest BCUT2D eigenvalue weighted by Gasteiger charge is -1.89. The molecule has 50 valence electrons. The number of aromatic nitrogens is 2. The summed E-state index contributed by atoms with van der Waals surface area (Å²) in [5.74, 6) is 0.542. The number of nitrogens with two attached hydrogens (primary N) is 1. The Morgan fingerprint density at radius 1 is 1.89 bits per heavy atom. The van der Waals surface area contributed by atoms with Crippen molar-refractivity contribution in [2.45, 2.75) is 6.54 Å². The predicted octanol–water partition coefficient (Wildman–Crippen LogP) is -0.289. The number of aromatic amines is 1. The molecule has 0 amide bonds. The van der Waals surface area contributed by atoms with E-state index < -0.39 is 0 Å². The average Bonchev–Trinajstić information content (AvgIpc) is 2.17. The standard InChI is InChI=1S/C5H10N4/c1-7-3-4-2-5(6)9-8-4/h2,7H,3H2,1H3,(H3,6,8,9). The molecule has 1 heterocycles. The number of anilines is 1. The number of hydrogen-bond donors (Lipinski definition) is 3. The molecule has 0 bridgehead atoms. The number of nitrogens with one attached hydrogen (secondary N) is 2. The van der Waals surface area contributed by atoms with Gasteiger partial charge in [0.1, 0.15) is 5.82 Å². The van der Waals surface area contributed by atoms with Crippen LogP contribution in [0, 0.1) is 0 Å². The Bertz CT molecular complexity index is 181. The smallest absolute Gasteiger partial charge is 0.145 e. The maximum absolute atomic E-state index is 5.34. The van der Waals surface area contributed by atoms with Crippen LogP contribution in [0.1, 0.15) is 5.69 Å². The summed E-state index contributed by atoms with van der Waals surface area (Å²) >= 11 is 0. The normalized spacial score (nSPS) is 9.89. The fourth-order valence-electron chi connectivity index (χ4n) is 0.660. The molecule has 0 radical (unpaired) electrons. The van der Waals surface area contributed by atoms with Crippen molar-refractivity contribution in [3.63, 3.8) is 0 Å². The minimum absolute atomic E-state index is 0.542. The monoisotopic (exact) mass is 126 g/mol. The van der Waals surface area contributed by atoms with E-state index in [0.717, 1.165) is 12.2 Å². The van der Waals surface area contributed by atoms with Crippen LogP contribution >= 0.6 is 0 Å². The summed E-state index contributed by atoms with van der Waals surface area (Å²) in [5.41, 5.74) is 6.35. The molecule has 0 fully saturated rings. The van der Waals surface area contributed by atoms with E-state index in [0.29, 0.717) is 5.82 Å². The maximum atomic E-state index is 5.34. The first-order valence-electron chi connectivity index (χ1n) is 2.77. The van der Waals surface area contributed by atoms with Crippen LogP contribution in [0.4, 0.5) is 5.82 Å². The van der Waals surface area contributed by atoms with Gasteiger partial charge in [0.05, 0.1) is 5.69 Å². The van der Waals surface area contributed by atoms with Gasteiger partial charge in [-0.2, -0.15) is 5.10 Å². The molecule has 0 aliphatic heterocycles. The van der Waals surface area contributed by atoms with Crippen molar-refractivity contribution >= 4 is 5.82 Å². The van der Waals surface area contributed by atoms with Crippen molar-refractivity contribution < 1.29 is 0 Å². The average molecular weight is 126 g/mol. The first-order chi connectivity index (χ1) is 4.33. The quantitative estimate of drug-likeness (QED) is 0.510. The van der Waals surface area contributed by atoms with E-state index in [2.05, 4.69) is 15.5 Å².